The number of ether oxygens (including phenoxy) is 3. The molecule has 1 saturated heterocycles. The number of benzene rings is 3. The van der Waals surface area contributed by atoms with Crippen LogP contribution in [0.4, 0.5) is 44.3 Å². The van der Waals surface area contributed by atoms with Crippen molar-refractivity contribution in [3.8, 4) is 22.6 Å². The lowest BCUT2D eigenvalue weighted by Gasteiger charge is -2.24. The van der Waals surface area contributed by atoms with E-state index in [-0.39, 0.29) is 58.7 Å². The van der Waals surface area contributed by atoms with E-state index < -0.39 is 71.5 Å². The first-order valence-electron chi connectivity index (χ1n) is 15.0. The summed E-state index contributed by atoms with van der Waals surface area (Å²) in [6.45, 7) is 4.66. The van der Waals surface area contributed by atoms with Crippen LogP contribution < -0.4 is 15.2 Å². The predicted octanol–water partition coefficient (Wildman–Crippen LogP) is 9.82. The highest BCUT2D eigenvalue weighted by atomic mass is 35.5. The fourth-order valence-electron chi connectivity index (χ4n) is 5.10. The number of carbonyl (C=O) groups is 2. The highest BCUT2D eigenvalue weighted by Crippen LogP contribution is 2.44. The third kappa shape index (κ3) is 9.46. The Morgan fingerprint density at radius 1 is 0.860 bits per heavy atom. The Kier molecular flexibility index (Phi) is 12.6. The van der Waals surface area contributed by atoms with Crippen molar-refractivity contribution in [3.63, 3.8) is 0 Å². The predicted molar refractivity (Wildman–Crippen MR) is 164 cm³/mol. The van der Waals surface area contributed by atoms with Gasteiger partial charge < -0.3 is 19.9 Å². The zero-order chi connectivity index (χ0) is 37.8. The molecule has 2 amide bonds. The molecule has 0 aliphatic carbocycles. The van der Waals surface area contributed by atoms with Crippen LogP contribution in [0.15, 0.2) is 48.5 Å². The molecule has 4 rings (SSSR count). The fourth-order valence-corrected chi connectivity index (χ4v) is 5.31. The second-order valence-electron chi connectivity index (χ2n) is 10.8. The van der Waals surface area contributed by atoms with Crippen LogP contribution in [0.25, 0.3) is 11.1 Å². The van der Waals surface area contributed by atoms with Crippen LogP contribution in [0.2, 0.25) is 5.02 Å². The monoisotopic (exact) mass is 742 g/mol. The average Bonchev–Trinajstić information content (AvgIpc) is 3.31. The molecule has 2 atom stereocenters. The van der Waals surface area contributed by atoms with E-state index in [1.54, 1.807) is 0 Å². The number of cyclic esters (lactones) is 1. The number of halogens is 10. The van der Waals surface area contributed by atoms with Gasteiger partial charge in [-0.25, -0.2) is 4.79 Å². The standard InChI is InChI=1S/C31H26ClF9N2O5.C2H6/c1-15-27(16-8-19(30(36,37)38)11-20(9-16)31(39,40)41)48-28(45)43(15)14-17-10-18(29(33,34)35)5-6-21(17)22-12-25(23(32)13-24(22)46-2)47-7-3-4-26(42)44;1-2/h5-6,8-13,15,27H,3-4,7,14H2,1-2H3,(H2,42,44);1-2H3/t15-,27-;/m0./s1. The number of carbonyl (C=O) groups excluding carboxylic acids is 2. The molecule has 0 bridgehead atoms. The maximum absolute atomic E-state index is 13.8. The second-order valence-corrected chi connectivity index (χ2v) is 11.2. The summed E-state index contributed by atoms with van der Waals surface area (Å²) in [4.78, 5) is 25.0. The third-order valence-corrected chi connectivity index (χ3v) is 7.77. The zero-order valence-electron chi connectivity index (χ0n) is 26.9. The average molecular weight is 743 g/mol. The highest BCUT2D eigenvalue weighted by molar-refractivity contribution is 6.32. The number of rotatable bonds is 10. The molecule has 1 heterocycles. The van der Waals surface area contributed by atoms with Crippen molar-refractivity contribution in [2.75, 3.05) is 13.7 Å². The summed E-state index contributed by atoms with van der Waals surface area (Å²) in [5, 5.41) is 0.0574. The van der Waals surface area contributed by atoms with Gasteiger partial charge in [0.05, 0.1) is 48.0 Å². The van der Waals surface area contributed by atoms with E-state index in [0.29, 0.717) is 12.1 Å². The lowest BCUT2D eigenvalue weighted by atomic mass is 9.94. The first-order chi connectivity index (χ1) is 23.2. The fraction of sp³-hybridized carbons (Fsp3) is 0.394. The van der Waals surface area contributed by atoms with Crippen molar-refractivity contribution < 1.29 is 63.3 Å². The van der Waals surface area contributed by atoms with Crippen molar-refractivity contribution >= 4 is 23.6 Å². The number of amides is 2. The van der Waals surface area contributed by atoms with E-state index in [9.17, 15) is 49.1 Å². The van der Waals surface area contributed by atoms with E-state index in [2.05, 4.69) is 0 Å². The Bertz CT molecular complexity index is 1660. The molecule has 0 saturated carbocycles. The molecule has 17 heteroatoms. The van der Waals surface area contributed by atoms with Gasteiger partial charge in [-0.3, -0.25) is 9.69 Å². The first-order valence-corrected chi connectivity index (χ1v) is 15.3. The summed E-state index contributed by atoms with van der Waals surface area (Å²) in [5.74, 6) is -0.411. The molecule has 0 radical (unpaired) electrons. The Hall–Kier alpha value is -4.34. The van der Waals surface area contributed by atoms with Crippen LogP contribution >= 0.6 is 11.6 Å². The molecule has 1 aliphatic rings. The molecule has 0 aromatic heterocycles. The molecule has 0 unspecified atom stereocenters. The van der Waals surface area contributed by atoms with E-state index in [4.69, 9.17) is 31.5 Å². The van der Waals surface area contributed by atoms with E-state index in [1.165, 1.54) is 26.2 Å². The normalized spacial score (nSPS) is 16.4. The Morgan fingerprint density at radius 3 is 1.96 bits per heavy atom. The Labute approximate surface area is 286 Å². The molecular formula is C33H32ClF9N2O5. The largest absolute Gasteiger partial charge is 0.496 e. The van der Waals surface area contributed by atoms with Crippen molar-refractivity contribution in [1.29, 1.82) is 0 Å². The van der Waals surface area contributed by atoms with Crippen LogP contribution in [0.1, 0.15) is 67.5 Å². The molecule has 2 N–H and O–H groups in total. The summed E-state index contributed by atoms with van der Waals surface area (Å²) in [5.41, 5.74) is 0.290. The van der Waals surface area contributed by atoms with Gasteiger partial charge in [0, 0.05) is 18.1 Å². The van der Waals surface area contributed by atoms with Gasteiger partial charge in [-0.15, -0.1) is 0 Å². The quantitative estimate of drug-likeness (QED) is 0.165. The summed E-state index contributed by atoms with van der Waals surface area (Å²) in [6, 6.07) is 4.86. The Balaban J connectivity index is 0.00000332. The maximum Gasteiger partial charge on any atom is 0.416 e. The van der Waals surface area contributed by atoms with Gasteiger partial charge in [-0.05, 0) is 66.4 Å². The van der Waals surface area contributed by atoms with Gasteiger partial charge in [0.15, 0.2) is 0 Å². The number of nitrogens with two attached hydrogens (primary N) is 1. The summed E-state index contributed by atoms with van der Waals surface area (Å²) < 4.78 is 139. The van der Waals surface area contributed by atoms with Crippen molar-refractivity contribution in [3.05, 3.63) is 81.4 Å². The molecule has 3 aromatic carbocycles. The zero-order valence-corrected chi connectivity index (χ0v) is 27.7. The van der Waals surface area contributed by atoms with Crippen molar-refractivity contribution in [2.45, 2.75) is 70.8 Å². The highest BCUT2D eigenvalue weighted by Gasteiger charge is 2.44. The second kappa shape index (κ2) is 15.7. The van der Waals surface area contributed by atoms with Crippen LogP contribution in [0, 0.1) is 0 Å². The van der Waals surface area contributed by atoms with Crippen LogP contribution in [-0.4, -0.2) is 36.7 Å². The smallest absolute Gasteiger partial charge is 0.416 e. The first kappa shape index (κ1) is 40.1. The van der Waals surface area contributed by atoms with Gasteiger partial charge in [0.1, 0.15) is 17.6 Å². The van der Waals surface area contributed by atoms with E-state index in [1.807, 2.05) is 13.8 Å². The lowest BCUT2D eigenvalue weighted by Crippen LogP contribution is -2.32. The van der Waals surface area contributed by atoms with Gasteiger partial charge in [0.2, 0.25) is 5.91 Å². The van der Waals surface area contributed by atoms with Gasteiger partial charge in [-0.1, -0.05) is 31.5 Å². The minimum atomic E-state index is -5.17. The number of hydrogen-bond acceptors (Lipinski definition) is 5. The van der Waals surface area contributed by atoms with Gasteiger partial charge >= 0.3 is 24.6 Å². The minimum Gasteiger partial charge on any atom is -0.496 e. The summed E-state index contributed by atoms with van der Waals surface area (Å²) >= 11 is 6.31. The number of alkyl halides is 9. The molecule has 3 aromatic rings. The SMILES string of the molecule is CC.COc1cc(Cl)c(OCCCC(N)=O)cc1-c1ccc(C(F)(F)F)cc1CN1C(=O)O[C@H](c2cc(C(F)(F)F)cc(C(F)(F)F)c2)[C@@H]1C. The van der Waals surface area contributed by atoms with Crippen LogP contribution in [0.3, 0.4) is 0 Å². The molecule has 7 nitrogen and oxygen atoms in total. The number of hydrogen-bond donors (Lipinski definition) is 1. The number of methoxy groups -OCH3 is 1. The maximum atomic E-state index is 13.8. The van der Waals surface area contributed by atoms with Gasteiger partial charge in [-0.2, -0.15) is 39.5 Å². The molecular weight excluding hydrogens is 711 g/mol. The van der Waals surface area contributed by atoms with Crippen LogP contribution in [0.5, 0.6) is 11.5 Å². The lowest BCUT2D eigenvalue weighted by molar-refractivity contribution is -0.143. The van der Waals surface area contributed by atoms with Gasteiger partial charge in [0.25, 0.3) is 0 Å². The molecule has 0 spiro atoms. The minimum absolute atomic E-state index is 0.00158. The third-order valence-electron chi connectivity index (χ3n) is 7.47. The van der Waals surface area contributed by atoms with E-state index in [0.717, 1.165) is 23.1 Å². The molecule has 50 heavy (non-hydrogen) atoms. The summed E-state index contributed by atoms with van der Waals surface area (Å²) in [6.07, 6.45) is -17.8. The molecule has 1 fully saturated rings. The number of nitrogens with zero attached hydrogens (tertiary/aromatic N) is 1. The van der Waals surface area contributed by atoms with Crippen LogP contribution in [-0.2, 0) is 34.6 Å². The van der Waals surface area contributed by atoms with Crippen molar-refractivity contribution in [1.82, 2.24) is 4.90 Å². The van der Waals surface area contributed by atoms with E-state index >= 15 is 0 Å². The topological polar surface area (TPSA) is 91.1 Å². The van der Waals surface area contributed by atoms with Crippen molar-refractivity contribution in [2.24, 2.45) is 5.73 Å². The number of primary amides is 1. The summed E-state index contributed by atoms with van der Waals surface area (Å²) in [7, 11) is 1.26. The molecule has 1 aliphatic heterocycles. The Morgan fingerprint density at radius 2 is 1.44 bits per heavy atom. The molecule has 274 valence electrons.